The van der Waals surface area contributed by atoms with Crippen LogP contribution in [0.5, 0.6) is 17.2 Å². The molecule has 27 heavy (non-hydrogen) atoms. The summed E-state index contributed by atoms with van der Waals surface area (Å²) in [5, 5.41) is 0.107. The van der Waals surface area contributed by atoms with Gasteiger partial charge in [0.25, 0.3) is 5.91 Å². The van der Waals surface area contributed by atoms with Crippen LogP contribution in [0.25, 0.3) is 0 Å². The molecule has 0 heterocycles. The van der Waals surface area contributed by atoms with Gasteiger partial charge in [0, 0.05) is 12.6 Å². The maximum absolute atomic E-state index is 14.2. The smallest absolute Gasteiger partial charge is 0.258 e. The molecule has 2 aromatic carbocycles. The fourth-order valence-electron chi connectivity index (χ4n) is 3.02. The Balaban J connectivity index is 1.95. The Kier molecular flexibility index (Phi) is 5.75. The maximum Gasteiger partial charge on any atom is 0.258 e. The molecule has 1 saturated carbocycles. The monoisotopic (exact) mass is 393 g/mol. The summed E-state index contributed by atoms with van der Waals surface area (Å²) in [6.07, 6.45) is 1.75. The minimum atomic E-state index is -0.622. The number of halogens is 2. The number of hydrogen-bond donors (Lipinski definition) is 0. The van der Waals surface area contributed by atoms with Crippen molar-refractivity contribution in [3.63, 3.8) is 0 Å². The molecule has 0 aromatic heterocycles. The number of rotatable bonds is 7. The van der Waals surface area contributed by atoms with Gasteiger partial charge in [0.05, 0.1) is 31.9 Å². The molecular formula is C20H21ClFNO4. The van der Waals surface area contributed by atoms with Gasteiger partial charge in [-0.2, -0.15) is 0 Å². The minimum Gasteiger partial charge on any atom is -0.493 e. The van der Waals surface area contributed by atoms with Crippen LogP contribution in [0.1, 0.15) is 28.8 Å². The average Bonchev–Trinajstić information content (AvgIpc) is 3.49. The van der Waals surface area contributed by atoms with Crippen LogP contribution < -0.4 is 14.2 Å². The van der Waals surface area contributed by atoms with Gasteiger partial charge in [-0.3, -0.25) is 4.79 Å². The quantitative estimate of drug-likeness (QED) is 0.703. The molecule has 1 amide bonds. The number of carbonyl (C=O) groups excluding carboxylic acids is 1. The molecule has 0 atom stereocenters. The second-order valence-electron chi connectivity index (χ2n) is 6.29. The van der Waals surface area contributed by atoms with Crippen LogP contribution in [0.2, 0.25) is 5.02 Å². The highest BCUT2D eigenvalue weighted by molar-refractivity contribution is 6.33. The number of carbonyl (C=O) groups is 1. The van der Waals surface area contributed by atoms with Gasteiger partial charge in [-0.05, 0) is 42.7 Å². The third-order valence-corrected chi connectivity index (χ3v) is 4.82. The lowest BCUT2D eigenvalue weighted by Gasteiger charge is -2.24. The molecule has 5 nitrogen and oxygen atoms in total. The van der Waals surface area contributed by atoms with Crippen LogP contribution in [-0.2, 0) is 6.54 Å². The molecule has 0 N–H and O–H groups in total. The van der Waals surface area contributed by atoms with Crippen LogP contribution in [0.4, 0.5) is 4.39 Å². The van der Waals surface area contributed by atoms with Gasteiger partial charge >= 0.3 is 0 Å². The van der Waals surface area contributed by atoms with Gasteiger partial charge in [0.2, 0.25) is 5.75 Å². The zero-order valence-electron chi connectivity index (χ0n) is 15.4. The topological polar surface area (TPSA) is 48.0 Å². The van der Waals surface area contributed by atoms with E-state index in [9.17, 15) is 9.18 Å². The van der Waals surface area contributed by atoms with E-state index in [0.717, 1.165) is 18.4 Å². The van der Waals surface area contributed by atoms with E-state index in [1.807, 2.05) is 0 Å². The van der Waals surface area contributed by atoms with Gasteiger partial charge < -0.3 is 19.1 Å². The second kappa shape index (κ2) is 8.05. The molecular weight excluding hydrogens is 373 g/mol. The summed E-state index contributed by atoms with van der Waals surface area (Å²) in [5.74, 6) is 0.431. The van der Waals surface area contributed by atoms with Gasteiger partial charge in [0.15, 0.2) is 11.5 Å². The van der Waals surface area contributed by atoms with Crippen LogP contribution in [0.3, 0.4) is 0 Å². The lowest BCUT2D eigenvalue weighted by Crippen LogP contribution is -2.33. The summed E-state index contributed by atoms with van der Waals surface area (Å²) in [6, 6.07) is 7.87. The molecule has 144 valence electrons. The Morgan fingerprint density at radius 2 is 1.78 bits per heavy atom. The number of benzene rings is 2. The fraction of sp³-hybridized carbons (Fsp3) is 0.350. The van der Waals surface area contributed by atoms with Crippen molar-refractivity contribution in [2.24, 2.45) is 0 Å². The molecule has 1 fully saturated rings. The van der Waals surface area contributed by atoms with E-state index in [-0.39, 0.29) is 23.2 Å². The normalized spacial score (nSPS) is 13.2. The van der Waals surface area contributed by atoms with E-state index in [0.29, 0.717) is 17.2 Å². The van der Waals surface area contributed by atoms with E-state index in [2.05, 4.69) is 0 Å². The molecule has 1 aliphatic carbocycles. The minimum absolute atomic E-state index is 0.0623. The van der Waals surface area contributed by atoms with Crippen molar-refractivity contribution in [3.05, 3.63) is 52.3 Å². The van der Waals surface area contributed by atoms with E-state index in [1.165, 1.54) is 39.5 Å². The van der Waals surface area contributed by atoms with Gasteiger partial charge in [0.1, 0.15) is 5.82 Å². The van der Waals surface area contributed by atoms with Crippen molar-refractivity contribution in [1.29, 1.82) is 0 Å². The summed E-state index contributed by atoms with van der Waals surface area (Å²) in [4.78, 5) is 14.7. The molecule has 0 unspecified atom stereocenters. The average molecular weight is 394 g/mol. The Labute approximate surface area is 162 Å². The zero-order valence-corrected chi connectivity index (χ0v) is 16.2. The van der Waals surface area contributed by atoms with Crippen LogP contribution >= 0.6 is 11.6 Å². The van der Waals surface area contributed by atoms with Crippen LogP contribution in [0, 0.1) is 5.82 Å². The Morgan fingerprint density at radius 3 is 2.26 bits per heavy atom. The lowest BCUT2D eigenvalue weighted by molar-refractivity contribution is 0.0725. The van der Waals surface area contributed by atoms with Crippen LogP contribution in [0.15, 0.2) is 30.3 Å². The second-order valence-corrected chi connectivity index (χ2v) is 6.70. The summed E-state index contributed by atoms with van der Waals surface area (Å²) in [7, 11) is 4.59. The summed E-state index contributed by atoms with van der Waals surface area (Å²) in [5.41, 5.74) is 0.690. The predicted molar refractivity (Wildman–Crippen MR) is 100 cm³/mol. The molecule has 0 bridgehead atoms. The predicted octanol–water partition coefficient (Wildman–Crippen LogP) is 4.31. The van der Waals surface area contributed by atoms with Gasteiger partial charge in [-0.1, -0.05) is 17.7 Å². The van der Waals surface area contributed by atoms with Crippen molar-refractivity contribution in [2.75, 3.05) is 21.3 Å². The summed E-state index contributed by atoms with van der Waals surface area (Å²) >= 11 is 6.09. The number of hydrogen-bond acceptors (Lipinski definition) is 4. The fourth-order valence-corrected chi connectivity index (χ4v) is 3.27. The molecule has 1 aliphatic rings. The number of methoxy groups -OCH3 is 3. The molecule has 2 aromatic rings. The summed E-state index contributed by atoms with van der Waals surface area (Å²) in [6.45, 7) is 0.283. The number of ether oxygens (including phenoxy) is 3. The molecule has 0 radical (unpaired) electrons. The van der Waals surface area contributed by atoms with Crippen LogP contribution in [-0.4, -0.2) is 38.2 Å². The first-order valence-electron chi connectivity index (χ1n) is 8.54. The first kappa shape index (κ1) is 19.3. The maximum atomic E-state index is 14.2. The highest BCUT2D eigenvalue weighted by Crippen LogP contribution is 2.39. The van der Waals surface area contributed by atoms with Crippen molar-refractivity contribution in [2.45, 2.75) is 25.4 Å². The largest absolute Gasteiger partial charge is 0.493 e. The highest BCUT2D eigenvalue weighted by Gasteiger charge is 2.35. The first-order valence-corrected chi connectivity index (χ1v) is 8.91. The van der Waals surface area contributed by atoms with Crippen molar-refractivity contribution < 1.29 is 23.4 Å². The SMILES string of the molecule is COc1cc(CN(C(=O)c2c(F)cccc2Cl)C2CC2)cc(OC)c1OC. The van der Waals surface area contributed by atoms with Gasteiger partial charge in [-0.15, -0.1) is 0 Å². The molecule has 7 heteroatoms. The Hall–Kier alpha value is -2.47. The highest BCUT2D eigenvalue weighted by atomic mass is 35.5. The third kappa shape index (κ3) is 3.95. The molecule has 0 spiro atoms. The van der Waals surface area contributed by atoms with E-state index < -0.39 is 11.7 Å². The van der Waals surface area contributed by atoms with Crippen molar-refractivity contribution in [3.8, 4) is 17.2 Å². The van der Waals surface area contributed by atoms with Crippen molar-refractivity contribution in [1.82, 2.24) is 4.90 Å². The number of nitrogens with zero attached hydrogens (tertiary/aromatic N) is 1. The standard InChI is InChI=1S/C20H21ClFNO4/c1-25-16-9-12(10-17(26-2)19(16)27-3)11-23(13-7-8-13)20(24)18-14(21)5-4-6-15(18)22/h4-6,9-10,13H,7-8,11H2,1-3H3. The number of amides is 1. The van der Waals surface area contributed by atoms with E-state index in [1.54, 1.807) is 17.0 Å². The Morgan fingerprint density at radius 1 is 1.15 bits per heavy atom. The van der Waals surface area contributed by atoms with Crippen molar-refractivity contribution >= 4 is 17.5 Å². The Bertz CT molecular complexity index is 809. The molecule has 3 rings (SSSR count). The van der Waals surface area contributed by atoms with E-state index in [4.69, 9.17) is 25.8 Å². The first-order chi connectivity index (χ1) is 13.0. The zero-order chi connectivity index (χ0) is 19.6. The third-order valence-electron chi connectivity index (χ3n) is 4.50. The molecule has 0 aliphatic heterocycles. The molecule has 0 saturated heterocycles. The summed E-state index contributed by atoms with van der Waals surface area (Å²) < 4.78 is 30.3. The van der Waals surface area contributed by atoms with E-state index >= 15 is 0 Å². The van der Waals surface area contributed by atoms with Gasteiger partial charge in [-0.25, -0.2) is 4.39 Å². The lowest BCUT2D eigenvalue weighted by atomic mass is 10.1.